The number of nitrogens with zero attached hydrogens (tertiary/aromatic N) is 1. The number of hydrogen-bond acceptors (Lipinski definition) is 1. The van der Waals surface area contributed by atoms with Crippen molar-refractivity contribution in [2.24, 2.45) is 5.41 Å². The van der Waals surface area contributed by atoms with E-state index in [0.29, 0.717) is 10.7 Å². The summed E-state index contributed by atoms with van der Waals surface area (Å²) in [7, 11) is 2.43. The van der Waals surface area contributed by atoms with Crippen LogP contribution in [0.15, 0.2) is 42.6 Å². The fourth-order valence-electron chi connectivity index (χ4n) is 4.44. The molecule has 1 fully saturated rings. The maximum Gasteiger partial charge on any atom is 0.116 e. The summed E-state index contributed by atoms with van der Waals surface area (Å²) in [6.45, 7) is 7.21. The predicted molar refractivity (Wildman–Crippen MR) is 85.6 cm³/mol. The quantitative estimate of drug-likeness (QED) is 0.718. The minimum Gasteiger partial charge on any atom is -0.256 e. The van der Waals surface area contributed by atoms with Crippen molar-refractivity contribution in [3.8, 4) is 11.3 Å². The fraction of sp³-hybridized carbons (Fsp3) is 0.389. The minimum atomic E-state index is 0.235. The second-order valence-corrected chi connectivity index (χ2v) is 7.45. The summed E-state index contributed by atoms with van der Waals surface area (Å²) in [6, 6.07) is 12.8. The van der Waals surface area contributed by atoms with Crippen molar-refractivity contribution >= 4 is 7.85 Å². The van der Waals surface area contributed by atoms with E-state index in [4.69, 9.17) is 4.98 Å². The average molecular weight is 261 g/mol. The van der Waals surface area contributed by atoms with Gasteiger partial charge in [-0.2, -0.15) is 0 Å². The Labute approximate surface area is 121 Å². The molecule has 1 aromatic heterocycles. The molecule has 4 rings (SSSR count). The SMILES string of the molecule is BC12CC1(C)C(C)(C)c1cnc(-c3ccccc3)cc12. The number of rotatable bonds is 1. The van der Waals surface area contributed by atoms with Crippen molar-refractivity contribution in [3.63, 3.8) is 0 Å². The second kappa shape index (κ2) is 3.36. The van der Waals surface area contributed by atoms with Gasteiger partial charge < -0.3 is 0 Å². The lowest BCUT2D eigenvalue weighted by Gasteiger charge is -2.29. The molecule has 1 nitrogen and oxygen atoms in total. The van der Waals surface area contributed by atoms with Gasteiger partial charge in [0.25, 0.3) is 0 Å². The molecular formula is C18H20BN. The molecule has 2 aliphatic carbocycles. The van der Waals surface area contributed by atoms with E-state index in [-0.39, 0.29) is 5.41 Å². The molecule has 1 aromatic carbocycles. The highest BCUT2D eigenvalue weighted by Crippen LogP contribution is 2.76. The van der Waals surface area contributed by atoms with E-state index >= 15 is 0 Å². The maximum absolute atomic E-state index is 4.73. The van der Waals surface area contributed by atoms with Crippen LogP contribution in [0.2, 0.25) is 0 Å². The predicted octanol–water partition coefficient (Wildman–Crippen LogP) is 3.28. The van der Waals surface area contributed by atoms with Gasteiger partial charge in [-0.15, -0.1) is 0 Å². The van der Waals surface area contributed by atoms with Crippen LogP contribution in [0.25, 0.3) is 11.3 Å². The van der Waals surface area contributed by atoms with Crippen molar-refractivity contribution < 1.29 is 0 Å². The van der Waals surface area contributed by atoms with Crippen LogP contribution < -0.4 is 0 Å². The van der Waals surface area contributed by atoms with Gasteiger partial charge in [0, 0.05) is 11.8 Å². The lowest BCUT2D eigenvalue weighted by Crippen LogP contribution is -2.27. The lowest BCUT2D eigenvalue weighted by atomic mass is 9.70. The van der Waals surface area contributed by atoms with Gasteiger partial charge in [0.1, 0.15) is 7.85 Å². The fourth-order valence-corrected chi connectivity index (χ4v) is 4.44. The van der Waals surface area contributed by atoms with Gasteiger partial charge in [-0.05, 0) is 39.8 Å². The standard InChI is InChI=1S/C18H20BN/c1-16(2)14-10-20-15(12-7-5-4-6-8-12)9-13(14)18(19)11-17(16,18)3/h4-10H,11,19H2,1-3H3. The molecule has 2 heteroatoms. The van der Waals surface area contributed by atoms with Crippen LogP contribution in [0, 0.1) is 5.41 Å². The summed E-state index contributed by atoms with van der Waals surface area (Å²) in [5.74, 6) is 0. The zero-order chi connectivity index (χ0) is 14.2. The molecule has 2 unspecified atom stereocenters. The smallest absolute Gasteiger partial charge is 0.116 e. The maximum atomic E-state index is 4.73. The zero-order valence-electron chi connectivity index (χ0n) is 12.7. The molecule has 0 spiro atoms. The van der Waals surface area contributed by atoms with Gasteiger partial charge in [0.15, 0.2) is 0 Å². The monoisotopic (exact) mass is 261 g/mol. The van der Waals surface area contributed by atoms with Crippen LogP contribution in [0.1, 0.15) is 38.3 Å². The number of fused-ring (bicyclic) bond motifs is 3. The Kier molecular flexibility index (Phi) is 2.05. The van der Waals surface area contributed by atoms with Crippen LogP contribution in [-0.2, 0) is 10.7 Å². The van der Waals surface area contributed by atoms with Gasteiger partial charge in [0.05, 0.1) is 5.69 Å². The van der Waals surface area contributed by atoms with Crippen LogP contribution in [0.3, 0.4) is 0 Å². The molecule has 0 radical (unpaired) electrons. The first-order chi connectivity index (χ1) is 9.40. The second-order valence-electron chi connectivity index (χ2n) is 7.45. The first kappa shape index (κ1) is 12.2. The Bertz CT molecular complexity index is 707. The van der Waals surface area contributed by atoms with Gasteiger partial charge in [-0.1, -0.05) is 51.1 Å². The molecule has 2 atom stereocenters. The van der Waals surface area contributed by atoms with Gasteiger partial charge in [-0.3, -0.25) is 4.98 Å². The van der Waals surface area contributed by atoms with Crippen LogP contribution >= 0.6 is 0 Å². The molecule has 20 heavy (non-hydrogen) atoms. The summed E-state index contributed by atoms with van der Waals surface area (Å²) < 4.78 is 0. The average Bonchev–Trinajstić information content (AvgIpc) is 3.01. The highest BCUT2D eigenvalue weighted by Gasteiger charge is 2.73. The van der Waals surface area contributed by atoms with E-state index in [1.165, 1.54) is 23.1 Å². The zero-order valence-corrected chi connectivity index (χ0v) is 12.7. The molecular weight excluding hydrogens is 241 g/mol. The number of hydrogen-bond donors (Lipinski definition) is 0. The van der Waals surface area contributed by atoms with E-state index in [1.54, 1.807) is 0 Å². The molecule has 0 bridgehead atoms. The molecule has 0 aliphatic heterocycles. The van der Waals surface area contributed by atoms with Gasteiger partial charge in [0.2, 0.25) is 0 Å². The van der Waals surface area contributed by atoms with E-state index in [0.717, 1.165) is 5.69 Å². The number of aromatic nitrogens is 1. The molecule has 0 amide bonds. The summed E-state index contributed by atoms with van der Waals surface area (Å²) in [6.07, 6.45) is 3.43. The third kappa shape index (κ3) is 1.19. The van der Waals surface area contributed by atoms with E-state index in [1.807, 2.05) is 0 Å². The van der Waals surface area contributed by atoms with Crippen LogP contribution in [0.4, 0.5) is 0 Å². The molecule has 1 heterocycles. The third-order valence-corrected chi connectivity index (χ3v) is 6.42. The Balaban J connectivity index is 1.91. The molecule has 2 aliphatic rings. The summed E-state index contributed by atoms with van der Waals surface area (Å²) >= 11 is 0. The van der Waals surface area contributed by atoms with E-state index < -0.39 is 0 Å². The Morgan fingerprint density at radius 1 is 1.05 bits per heavy atom. The van der Waals surface area contributed by atoms with Crippen molar-refractivity contribution in [1.82, 2.24) is 4.98 Å². The normalized spacial score (nSPS) is 32.5. The molecule has 100 valence electrons. The number of benzene rings is 1. The van der Waals surface area contributed by atoms with Crippen molar-refractivity contribution in [3.05, 3.63) is 53.7 Å². The summed E-state index contributed by atoms with van der Waals surface area (Å²) in [5, 5.41) is 0.346. The summed E-state index contributed by atoms with van der Waals surface area (Å²) in [4.78, 5) is 4.73. The highest BCUT2D eigenvalue weighted by molar-refractivity contribution is 6.20. The molecule has 1 saturated carbocycles. The van der Waals surface area contributed by atoms with Crippen molar-refractivity contribution in [2.75, 3.05) is 0 Å². The Morgan fingerprint density at radius 2 is 1.75 bits per heavy atom. The van der Waals surface area contributed by atoms with Crippen molar-refractivity contribution in [2.45, 2.75) is 37.9 Å². The molecule has 0 saturated heterocycles. The van der Waals surface area contributed by atoms with Gasteiger partial charge in [-0.25, -0.2) is 0 Å². The first-order valence-electron chi connectivity index (χ1n) is 7.47. The molecule has 2 aromatic rings. The Hall–Kier alpha value is -1.57. The lowest BCUT2D eigenvalue weighted by molar-refractivity contribution is 0.325. The molecule has 0 N–H and O–H groups in total. The van der Waals surface area contributed by atoms with Crippen LogP contribution in [0.5, 0.6) is 0 Å². The van der Waals surface area contributed by atoms with Crippen LogP contribution in [-0.4, -0.2) is 12.8 Å². The largest absolute Gasteiger partial charge is 0.256 e. The first-order valence-corrected chi connectivity index (χ1v) is 7.47. The third-order valence-electron chi connectivity index (χ3n) is 6.42. The summed E-state index contributed by atoms with van der Waals surface area (Å²) in [5.41, 5.74) is 5.94. The number of pyridine rings is 1. The van der Waals surface area contributed by atoms with E-state index in [9.17, 15) is 0 Å². The minimum absolute atomic E-state index is 0.235. The highest BCUT2D eigenvalue weighted by atomic mass is 14.8. The topological polar surface area (TPSA) is 12.9 Å². The van der Waals surface area contributed by atoms with Crippen molar-refractivity contribution in [1.29, 1.82) is 0 Å². The van der Waals surface area contributed by atoms with E-state index in [2.05, 4.69) is 71.2 Å². The van der Waals surface area contributed by atoms with Gasteiger partial charge >= 0.3 is 0 Å². The Morgan fingerprint density at radius 3 is 2.45 bits per heavy atom.